The molecule has 0 spiro atoms. The van der Waals surface area contributed by atoms with Gasteiger partial charge in [-0.3, -0.25) is 4.98 Å². The van der Waals surface area contributed by atoms with E-state index in [1.54, 1.807) is 6.20 Å². The summed E-state index contributed by atoms with van der Waals surface area (Å²) in [4.78, 5) is 14.7. The van der Waals surface area contributed by atoms with Gasteiger partial charge in [-0.25, -0.2) is 9.97 Å². The van der Waals surface area contributed by atoms with Crippen LogP contribution in [0.2, 0.25) is 0 Å². The van der Waals surface area contributed by atoms with Crippen molar-refractivity contribution in [1.29, 1.82) is 0 Å². The van der Waals surface area contributed by atoms with Crippen LogP contribution in [0.4, 0.5) is 0 Å². The van der Waals surface area contributed by atoms with Gasteiger partial charge in [0.2, 0.25) is 0 Å². The van der Waals surface area contributed by atoms with Crippen molar-refractivity contribution in [3.63, 3.8) is 0 Å². The van der Waals surface area contributed by atoms with E-state index in [-0.39, 0.29) is 0 Å². The number of fused-ring (bicyclic) bond motifs is 3. The van der Waals surface area contributed by atoms with E-state index < -0.39 is 0 Å². The average Bonchev–Trinajstić information content (AvgIpc) is 3.58. The highest BCUT2D eigenvalue weighted by Gasteiger charge is 2.17. The van der Waals surface area contributed by atoms with E-state index in [1.807, 2.05) is 42.6 Å². The Labute approximate surface area is 284 Å². The van der Waals surface area contributed by atoms with Crippen molar-refractivity contribution in [2.24, 2.45) is 0 Å². The zero-order valence-corrected chi connectivity index (χ0v) is 26.5. The lowest BCUT2D eigenvalue weighted by Crippen LogP contribution is -1.96. The van der Waals surface area contributed by atoms with E-state index in [0.717, 1.165) is 77.8 Å². The number of hydrogen-bond acceptors (Lipinski definition) is 4. The van der Waals surface area contributed by atoms with Crippen LogP contribution < -0.4 is 0 Å². The van der Waals surface area contributed by atoms with E-state index in [0.29, 0.717) is 5.82 Å². The van der Waals surface area contributed by atoms with Crippen molar-refractivity contribution in [3.05, 3.63) is 176 Å². The van der Waals surface area contributed by atoms with Crippen LogP contribution in [-0.2, 0) is 0 Å². The molecule has 0 aliphatic rings. The molecule has 0 fully saturated rings. The molecular weight excluding hydrogens is 599 g/mol. The first-order chi connectivity index (χ1) is 24.3. The van der Waals surface area contributed by atoms with Gasteiger partial charge in [0, 0.05) is 39.9 Å². The molecule has 4 nitrogen and oxygen atoms in total. The van der Waals surface area contributed by atoms with E-state index in [9.17, 15) is 0 Å². The minimum Gasteiger partial charge on any atom is -0.455 e. The lowest BCUT2D eigenvalue weighted by atomic mass is 9.97. The predicted octanol–water partition coefficient (Wildman–Crippen LogP) is 11.8. The zero-order chi connectivity index (χ0) is 32.6. The van der Waals surface area contributed by atoms with Crippen molar-refractivity contribution in [2.45, 2.75) is 0 Å². The fourth-order valence-electron chi connectivity index (χ4n) is 6.52. The maximum atomic E-state index is 6.43. The lowest BCUT2D eigenvalue weighted by molar-refractivity contribution is 0.669. The monoisotopic (exact) mass is 627 g/mol. The van der Waals surface area contributed by atoms with Crippen molar-refractivity contribution >= 4 is 21.9 Å². The quantitative estimate of drug-likeness (QED) is 0.184. The van der Waals surface area contributed by atoms with Crippen molar-refractivity contribution < 1.29 is 4.42 Å². The van der Waals surface area contributed by atoms with Gasteiger partial charge < -0.3 is 4.42 Å². The minimum atomic E-state index is 0.619. The standard InChI is InChI=1S/C45H29N3O/c1-2-10-30(11-3-1)31-21-23-32(24-22-31)41-28-42(48-45(47-41)40-19-8-18-39-38-17-4-5-20-43(38)49-44(39)40)36-15-7-13-34(27-36)33-12-6-14-35(26-33)37-16-9-25-46-29-37/h1-29H. The molecule has 0 bridgehead atoms. The largest absolute Gasteiger partial charge is 0.455 e. The highest BCUT2D eigenvalue weighted by Crippen LogP contribution is 2.37. The topological polar surface area (TPSA) is 51.8 Å². The Hall–Kier alpha value is -6.65. The SMILES string of the molecule is c1ccc(-c2ccc(-c3cc(-c4cccc(-c5cccc(-c6cccnc6)c5)c4)nc(-c4cccc5c4oc4ccccc45)n3)cc2)cc1. The maximum Gasteiger partial charge on any atom is 0.164 e. The van der Waals surface area contributed by atoms with Crippen LogP contribution in [0.15, 0.2) is 181 Å². The number of aromatic nitrogens is 3. The molecule has 0 radical (unpaired) electrons. The molecule has 3 heterocycles. The van der Waals surface area contributed by atoms with Crippen LogP contribution in [-0.4, -0.2) is 15.0 Å². The second-order valence-corrected chi connectivity index (χ2v) is 12.1. The van der Waals surface area contributed by atoms with E-state index >= 15 is 0 Å². The van der Waals surface area contributed by atoms with Crippen molar-refractivity contribution in [2.75, 3.05) is 0 Å². The summed E-state index contributed by atoms with van der Waals surface area (Å²) in [6.07, 6.45) is 3.70. The third kappa shape index (κ3) is 5.45. The third-order valence-electron chi connectivity index (χ3n) is 9.01. The molecule has 0 saturated carbocycles. The van der Waals surface area contributed by atoms with Gasteiger partial charge in [0.05, 0.1) is 17.0 Å². The summed E-state index contributed by atoms with van der Waals surface area (Å²) in [5.74, 6) is 0.619. The molecule has 6 aromatic carbocycles. The lowest BCUT2D eigenvalue weighted by Gasteiger charge is -2.12. The molecule has 0 saturated heterocycles. The van der Waals surface area contributed by atoms with Gasteiger partial charge in [-0.1, -0.05) is 127 Å². The summed E-state index contributed by atoms with van der Waals surface area (Å²) in [6, 6.07) is 56.6. The molecule has 9 aromatic rings. The third-order valence-corrected chi connectivity index (χ3v) is 9.01. The Morgan fingerprint density at radius 2 is 0.959 bits per heavy atom. The molecule has 0 N–H and O–H groups in total. The smallest absolute Gasteiger partial charge is 0.164 e. The highest BCUT2D eigenvalue weighted by atomic mass is 16.3. The molecule has 4 heteroatoms. The number of furan rings is 1. The van der Waals surface area contributed by atoms with E-state index in [1.165, 1.54) is 5.56 Å². The second-order valence-electron chi connectivity index (χ2n) is 12.1. The van der Waals surface area contributed by atoms with E-state index in [4.69, 9.17) is 14.4 Å². The summed E-state index contributed by atoms with van der Waals surface area (Å²) in [5, 5.41) is 2.12. The van der Waals surface area contributed by atoms with Gasteiger partial charge in [0.15, 0.2) is 5.82 Å². The Balaban J connectivity index is 1.19. The molecule has 49 heavy (non-hydrogen) atoms. The van der Waals surface area contributed by atoms with Gasteiger partial charge in [-0.05, 0) is 64.2 Å². The first-order valence-corrected chi connectivity index (χ1v) is 16.3. The Kier molecular flexibility index (Phi) is 7.10. The summed E-state index contributed by atoms with van der Waals surface area (Å²) >= 11 is 0. The Bertz CT molecular complexity index is 2590. The zero-order valence-electron chi connectivity index (χ0n) is 26.5. The molecule has 0 atom stereocenters. The Morgan fingerprint density at radius 1 is 0.388 bits per heavy atom. The summed E-state index contributed by atoms with van der Waals surface area (Å²) < 4.78 is 6.43. The number of pyridine rings is 1. The molecule has 9 rings (SSSR count). The molecule has 0 aliphatic carbocycles. The van der Waals surface area contributed by atoms with Crippen LogP contribution in [0.5, 0.6) is 0 Å². The van der Waals surface area contributed by atoms with Crippen molar-refractivity contribution in [3.8, 4) is 67.3 Å². The summed E-state index contributed by atoms with van der Waals surface area (Å²) in [6.45, 7) is 0. The summed E-state index contributed by atoms with van der Waals surface area (Å²) in [5.41, 5.74) is 13.0. The first-order valence-electron chi connectivity index (χ1n) is 16.3. The average molecular weight is 628 g/mol. The number of rotatable bonds is 6. The molecule has 0 unspecified atom stereocenters. The normalized spacial score (nSPS) is 11.3. The fraction of sp³-hybridized carbons (Fsp3) is 0. The number of benzene rings is 6. The molecule has 3 aromatic heterocycles. The molecular formula is C45H29N3O. The summed E-state index contributed by atoms with van der Waals surface area (Å²) in [7, 11) is 0. The van der Waals surface area contributed by atoms with Gasteiger partial charge >= 0.3 is 0 Å². The maximum absolute atomic E-state index is 6.43. The predicted molar refractivity (Wildman–Crippen MR) is 200 cm³/mol. The first kappa shape index (κ1) is 28.6. The number of hydrogen-bond donors (Lipinski definition) is 0. The number of nitrogens with zero attached hydrogens (tertiary/aromatic N) is 3. The molecule has 230 valence electrons. The highest BCUT2D eigenvalue weighted by molar-refractivity contribution is 6.09. The van der Waals surface area contributed by atoms with Crippen LogP contribution >= 0.6 is 0 Å². The van der Waals surface area contributed by atoms with Gasteiger partial charge in [-0.15, -0.1) is 0 Å². The van der Waals surface area contributed by atoms with Crippen LogP contribution in [0.1, 0.15) is 0 Å². The molecule has 0 aliphatic heterocycles. The van der Waals surface area contributed by atoms with Gasteiger partial charge in [-0.2, -0.15) is 0 Å². The van der Waals surface area contributed by atoms with Gasteiger partial charge in [0.1, 0.15) is 11.2 Å². The van der Waals surface area contributed by atoms with Crippen LogP contribution in [0, 0.1) is 0 Å². The van der Waals surface area contributed by atoms with Crippen LogP contribution in [0.3, 0.4) is 0 Å². The Morgan fingerprint density at radius 3 is 1.73 bits per heavy atom. The second kappa shape index (κ2) is 12.2. The minimum absolute atomic E-state index is 0.619. The van der Waals surface area contributed by atoms with Crippen LogP contribution in [0.25, 0.3) is 89.2 Å². The molecule has 0 amide bonds. The number of para-hydroxylation sites is 2. The van der Waals surface area contributed by atoms with Crippen molar-refractivity contribution in [1.82, 2.24) is 15.0 Å². The van der Waals surface area contributed by atoms with Gasteiger partial charge in [0.25, 0.3) is 0 Å². The van der Waals surface area contributed by atoms with E-state index in [2.05, 4.69) is 132 Å². The fourth-order valence-corrected chi connectivity index (χ4v) is 6.52.